The summed E-state index contributed by atoms with van der Waals surface area (Å²) >= 11 is 0. The maximum atomic E-state index is 12.5. The molecule has 0 fully saturated rings. The zero-order valence-corrected chi connectivity index (χ0v) is 13.9. The molecule has 4 heterocycles. The first kappa shape index (κ1) is 14.9. The molecule has 7 heteroatoms. The van der Waals surface area contributed by atoms with Crippen LogP contribution in [0.15, 0.2) is 24.7 Å². The highest BCUT2D eigenvalue weighted by Crippen LogP contribution is 2.22. The minimum Gasteiger partial charge on any atom is -0.349 e. The lowest BCUT2D eigenvalue weighted by molar-refractivity contribution is -0.125. The molecule has 0 saturated heterocycles. The second-order valence-electron chi connectivity index (χ2n) is 6.31. The van der Waals surface area contributed by atoms with Crippen molar-refractivity contribution < 1.29 is 4.79 Å². The molecule has 1 atom stereocenters. The second-order valence-corrected chi connectivity index (χ2v) is 6.31. The van der Waals surface area contributed by atoms with Gasteiger partial charge in [-0.05, 0) is 19.4 Å². The number of carbonyl (C=O) groups is 1. The van der Waals surface area contributed by atoms with Gasteiger partial charge in [-0.3, -0.25) is 9.78 Å². The number of pyridine rings is 1. The van der Waals surface area contributed by atoms with Crippen LogP contribution >= 0.6 is 0 Å². The van der Waals surface area contributed by atoms with Gasteiger partial charge in [0.2, 0.25) is 5.91 Å². The van der Waals surface area contributed by atoms with E-state index in [2.05, 4.69) is 24.8 Å². The lowest BCUT2D eigenvalue weighted by Gasteiger charge is -2.23. The third-order valence-corrected chi connectivity index (χ3v) is 4.86. The van der Waals surface area contributed by atoms with Crippen LogP contribution in [-0.4, -0.2) is 30.0 Å². The Bertz CT molecular complexity index is 909. The van der Waals surface area contributed by atoms with Gasteiger partial charge in [-0.25, -0.2) is 9.97 Å². The Morgan fingerprint density at radius 2 is 2.29 bits per heavy atom. The van der Waals surface area contributed by atoms with E-state index in [1.807, 2.05) is 30.8 Å². The molecule has 0 spiro atoms. The van der Waals surface area contributed by atoms with E-state index in [9.17, 15) is 4.79 Å². The number of rotatable bonds is 3. The molecule has 1 N–H and O–H groups in total. The Kier molecular flexibility index (Phi) is 3.55. The Balaban J connectivity index is 1.44. The summed E-state index contributed by atoms with van der Waals surface area (Å²) in [5.74, 6) is 1.95. The maximum absolute atomic E-state index is 12.5. The standard InChI is InChI=1S/C17H20N6O/c1-11-19-8-13-7-12(4-6-23(11)13)17(24)20-10-16-21-14-3-5-18-9-15(14)22(16)2/h3,5,8-9,12H,4,6-7,10H2,1-2H3,(H,20,24). The molecule has 1 unspecified atom stereocenters. The zero-order chi connectivity index (χ0) is 16.7. The van der Waals surface area contributed by atoms with E-state index < -0.39 is 0 Å². The monoisotopic (exact) mass is 324 g/mol. The minimum atomic E-state index is 0.00458. The average Bonchev–Trinajstić information content (AvgIpc) is 3.13. The van der Waals surface area contributed by atoms with E-state index in [1.54, 1.807) is 12.4 Å². The topological polar surface area (TPSA) is 77.6 Å². The van der Waals surface area contributed by atoms with Crippen molar-refractivity contribution >= 4 is 16.9 Å². The van der Waals surface area contributed by atoms with Crippen molar-refractivity contribution in [3.63, 3.8) is 0 Å². The first-order valence-corrected chi connectivity index (χ1v) is 8.17. The SMILES string of the molecule is Cc1ncc2n1CCC(C(=O)NCc1nc3ccncc3n1C)C2. The molecule has 4 rings (SSSR count). The fourth-order valence-electron chi connectivity index (χ4n) is 3.40. The van der Waals surface area contributed by atoms with E-state index in [0.29, 0.717) is 6.54 Å². The van der Waals surface area contributed by atoms with Crippen LogP contribution < -0.4 is 5.32 Å². The van der Waals surface area contributed by atoms with Crippen molar-refractivity contribution in [2.45, 2.75) is 32.9 Å². The summed E-state index contributed by atoms with van der Waals surface area (Å²) < 4.78 is 4.17. The normalized spacial score (nSPS) is 17.0. The number of aryl methyl sites for hydroxylation is 2. The number of aromatic nitrogens is 5. The minimum absolute atomic E-state index is 0.00458. The van der Waals surface area contributed by atoms with Gasteiger partial charge in [0.1, 0.15) is 11.6 Å². The third-order valence-electron chi connectivity index (χ3n) is 4.86. The molecule has 24 heavy (non-hydrogen) atoms. The number of nitrogens with zero attached hydrogens (tertiary/aromatic N) is 5. The number of imidazole rings is 2. The van der Waals surface area contributed by atoms with Crippen molar-refractivity contribution in [1.82, 2.24) is 29.4 Å². The first-order chi connectivity index (χ1) is 11.6. The van der Waals surface area contributed by atoms with Gasteiger partial charge in [0.25, 0.3) is 0 Å². The van der Waals surface area contributed by atoms with Gasteiger partial charge in [0, 0.05) is 44.0 Å². The van der Waals surface area contributed by atoms with Crippen molar-refractivity contribution in [2.75, 3.05) is 0 Å². The summed E-state index contributed by atoms with van der Waals surface area (Å²) in [6.07, 6.45) is 7.00. The summed E-state index contributed by atoms with van der Waals surface area (Å²) in [7, 11) is 1.94. The quantitative estimate of drug-likeness (QED) is 0.789. The number of nitrogens with one attached hydrogen (secondary N) is 1. The highest BCUT2D eigenvalue weighted by atomic mass is 16.1. The fourth-order valence-corrected chi connectivity index (χ4v) is 3.40. The van der Waals surface area contributed by atoms with Crippen LogP contribution in [0.5, 0.6) is 0 Å². The molecule has 7 nitrogen and oxygen atoms in total. The van der Waals surface area contributed by atoms with Gasteiger partial charge < -0.3 is 14.5 Å². The van der Waals surface area contributed by atoms with Crippen LogP contribution in [0.1, 0.15) is 23.8 Å². The largest absolute Gasteiger partial charge is 0.349 e. The average molecular weight is 324 g/mol. The lowest BCUT2D eigenvalue weighted by Crippen LogP contribution is -2.35. The Morgan fingerprint density at radius 1 is 1.42 bits per heavy atom. The number of amides is 1. The molecule has 0 aliphatic carbocycles. The molecule has 0 saturated carbocycles. The van der Waals surface area contributed by atoms with Crippen LogP contribution in [-0.2, 0) is 31.4 Å². The van der Waals surface area contributed by atoms with E-state index in [1.165, 1.54) is 0 Å². The highest BCUT2D eigenvalue weighted by Gasteiger charge is 2.26. The molecule has 0 aromatic carbocycles. The van der Waals surface area contributed by atoms with Crippen LogP contribution in [0.3, 0.4) is 0 Å². The Hall–Kier alpha value is -2.70. The third kappa shape index (κ3) is 2.46. The molecule has 1 aliphatic heterocycles. The molecular formula is C17H20N6O. The lowest BCUT2D eigenvalue weighted by atomic mass is 9.95. The smallest absolute Gasteiger partial charge is 0.223 e. The van der Waals surface area contributed by atoms with E-state index in [4.69, 9.17) is 0 Å². The molecule has 0 bridgehead atoms. The Labute approximate surface area is 139 Å². The number of carbonyl (C=O) groups excluding carboxylic acids is 1. The van der Waals surface area contributed by atoms with Gasteiger partial charge in [-0.15, -0.1) is 0 Å². The van der Waals surface area contributed by atoms with Crippen molar-refractivity contribution in [1.29, 1.82) is 0 Å². The predicted molar refractivity (Wildman–Crippen MR) is 89.1 cm³/mol. The number of hydrogen-bond acceptors (Lipinski definition) is 4. The predicted octanol–water partition coefficient (Wildman–Crippen LogP) is 1.35. The van der Waals surface area contributed by atoms with Crippen LogP contribution in [0, 0.1) is 12.8 Å². The second kappa shape index (κ2) is 5.74. The summed E-state index contributed by atoms with van der Waals surface area (Å²) in [5.41, 5.74) is 3.01. The van der Waals surface area contributed by atoms with Gasteiger partial charge in [0.05, 0.1) is 23.8 Å². The van der Waals surface area contributed by atoms with E-state index in [-0.39, 0.29) is 11.8 Å². The summed E-state index contributed by atoms with van der Waals surface area (Å²) in [5, 5.41) is 3.04. The van der Waals surface area contributed by atoms with E-state index >= 15 is 0 Å². The van der Waals surface area contributed by atoms with Crippen molar-refractivity contribution in [3.05, 3.63) is 42.0 Å². The fraction of sp³-hybridized carbons (Fsp3) is 0.412. The molecule has 3 aromatic rings. The number of fused-ring (bicyclic) bond motifs is 2. The van der Waals surface area contributed by atoms with Crippen molar-refractivity contribution in [3.8, 4) is 0 Å². The number of hydrogen-bond donors (Lipinski definition) is 1. The Morgan fingerprint density at radius 3 is 3.12 bits per heavy atom. The molecule has 1 amide bonds. The summed E-state index contributed by atoms with van der Waals surface area (Å²) in [6.45, 7) is 3.29. The van der Waals surface area contributed by atoms with E-state index in [0.717, 1.165) is 47.8 Å². The van der Waals surface area contributed by atoms with Crippen molar-refractivity contribution in [2.24, 2.45) is 13.0 Å². The van der Waals surface area contributed by atoms with Crippen LogP contribution in [0.25, 0.3) is 11.0 Å². The van der Waals surface area contributed by atoms with Gasteiger partial charge in [-0.2, -0.15) is 0 Å². The highest BCUT2D eigenvalue weighted by molar-refractivity contribution is 5.79. The molecule has 3 aromatic heterocycles. The van der Waals surface area contributed by atoms with Crippen LogP contribution in [0.2, 0.25) is 0 Å². The molecule has 1 aliphatic rings. The van der Waals surface area contributed by atoms with Gasteiger partial charge in [-0.1, -0.05) is 0 Å². The van der Waals surface area contributed by atoms with Gasteiger partial charge in [0.15, 0.2) is 0 Å². The van der Waals surface area contributed by atoms with Crippen LogP contribution in [0.4, 0.5) is 0 Å². The summed E-state index contributed by atoms with van der Waals surface area (Å²) in [6, 6.07) is 1.88. The maximum Gasteiger partial charge on any atom is 0.223 e. The molecular weight excluding hydrogens is 304 g/mol. The molecule has 0 radical (unpaired) electrons. The zero-order valence-electron chi connectivity index (χ0n) is 13.9. The van der Waals surface area contributed by atoms with Gasteiger partial charge >= 0.3 is 0 Å². The molecule has 124 valence electrons. The summed E-state index contributed by atoms with van der Waals surface area (Å²) in [4.78, 5) is 25.5. The first-order valence-electron chi connectivity index (χ1n) is 8.17.